The van der Waals surface area contributed by atoms with Crippen molar-refractivity contribution in [3.8, 4) is 17.2 Å². The van der Waals surface area contributed by atoms with E-state index in [1.54, 1.807) is 32.6 Å². The molecule has 0 aromatic heterocycles. The van der Waals surface area contributed by atoms with Crippen molar-refractivity contribution < 1.29 is 19.0 Å². The van der Waals surface area contributed by atoms with E-state index >= 15 is 0 Å². The Hall–Kier alpha value is -3.84. The quantitative estimate of drug-likeness (QED) is 0.215. The van der Waals surface area contributed by atoms with Gasteiger partial charge in [-0.25, -0.2) is 5.43 Å². The molecular formula is C28H25BrN2O4. The molecule has 4 rings (SSSR count). The minimum absolute atomic E-state index is 0.169. The third-order valence-corrected chi connectivity index (χ3v) is 6.05. The number of nitrogens with zero attached hydrogens (tertiary/aromatic N) is 1. The maximum Gasteiger partial charge on any atom is 0.244 e. The second-order valence-electron chi connectivity index (χ2n) is 7.78. The maximum absolute atomic E-state index is 12.3. The third-order valence-electron chi connectivity index (χ3n) is 5.43. The molecule has 0 fully saturated rings. The number of amides is 1. The molecule has 6 nitrogen and oxygen atoms in total. The standard InChI is InChI=1S/C28H25BrN2O4/c1-33-26-13-10-19(15-27(26)34-2)16-28(32)31-30-17-20-11-12-25(24(29)14-20)35-18-22-8-5-7-21-6-3-4-9-23(21)22/h3-15,17H,16,18H2,1-2H3,(H,31,32)/b30-17+. The van der Waals surface area contributed by atoms with Crippen molar-refractivity contribution in [2.45, 2.75) is 13.0 Å². The van der Waals surface area contributed by atoms with Crippen LogP contribution in [0.2, 0.25) is 0 Å². The number of benzene rings is 4. The first-order valence-corrected chi connectivity index (χ1v) is 11.8. The Morgan fingerprint density at radius 1 is 0.914 bits per heavy atom. The number of hydrazone groups is 1. The highest BCUT2D eigenvalue weighted by Gasteiger charge is 2.08. The van der Waals surface area contributed by atoms with Crippen molar-refractivity contribution in [2.24, 2.45) is 5.10 Å². The summed E-state index contributed by atoms with van der Waals surface area (Å²) in [7, 11) is 3.13. The van der Waals surface area contributed by atoms with Crippen LogP contribution in [0.5, 0.6) is 17.2 Å². The molecule has 0 radical (unpaired) electrons. The van der Waals surface area contributed by atoms with E-state index < -0.39 is 0 Å². The monoisotopic (exact) mass is 532 g/mol. The first-order chi connectivity index (χ1) is 17.1. The Bertz CT molecular complexity index is 1370. The molecule has 0 bridgehead atoms. The lowest BCUT2D eigenvalue weighted by atomic mass is 10.1. The number of nitrogens with one attached hydrogen (secondary N) is 1. The van der Waals surface area contributed by atoms with E-state index in [4.69, 9.17) is 14.2 Å². The fraction of sp³-hybridized carbons (Fsp3) is 0.143. The summed E-state index contributed by atoms with van der Waals surface area (Å²) < 4.78 is 17.4. The zero-order valence-corrected chi connectivity index (χ0v) is 21.0. The number of carbonyl (C=O) groups is 1. The summed E-state index contributed by atoms with van der Waals surface area (Å²) in [6.45, 7) is 0.458. The van der Waals surface area contributed by atoms with Gasteiger partial charge in [-0.1, -0.05) is 48.5 Å². The summed E-state index contributed by atoms with van der Waals surface area (Å²) in [6.07, 6.45) is 1.76. The molecule has 7 heteroatoms. The number of methoxy groups -OCH3 is 2. The van der Waals surface area contributed by atoms with Crippen LogP contribution in [-0.2, 0) is 17.8 Å². The highest BCUT2D eigenvalue weighted by molar-refractivity contribution is 9.10. The van der Waals surface area contributed by atoms with Gasteiger partial charge in [0.05, 0.1) is 31.3 Å². The van der Waals surface area contributed by atoms with Crippen LogP contribution in [0.15, 0.2) is 88.4 Å². The van der Waals surface area contributed by atoms with Crippen LogP contribution in [0.25, 0.3) is 10.8 Å². The maximum atomic E-state index is 12.3. The highest BCUT2D eigenvalue weighted by atomic mass is 79.9. The molecule has 4 aromatic rings. The molecule has 4 aromatic carbocycles. The number of rotatable bonds is 9. The molecule has 0 aliphatic heterocycles. The molecule has 0 saturated carbocycles. The highest BCUT2D eigenvalue weighted by Crippen LogP contribution is 2.28. The van der Waals surface area contributed by atoms with Gasteiger partial charge in [0.15, 0.2) is 11.5 Å². The first kappa shape index (κ1) is 24.3. The largest absolute Gasteiger partial charge is 0.493 e. The molecule has 35 heavy (non-hydrogen) atoms. The van der Waals surface area contributed by atoms with Gasteiger partial charge in [0.25, 0.3) is 0 Å². The Morgan fingerprint density at radius 2 is 1.69 bits per heavy atom. The van der Waals surface area contributed by atoms with Gasteiger partial charge in [-0.15, -0.1) is 0 Å². The average Bonchev–Trinajstić information content (AvgIpc) is 2.88. The zero-order valence-electron chi connectivity index (χ0n) is 19.5. The van der Waals surface area contributed by atoms with Crippen molar-refractivity contribution in [3.05, 3.63) is 100 Å². The summed E-state index contributed by atoms with van der Waals surface area (Å²) in [5.41, 5.74) is 5.30. The lowest BCUT2D eigenvalue weighted by molar-refractivity contribution is -0.120. The summed E-state index contributed by atoms with van der Waals surface area (Å²) in [5, 5.41) is 6.44. The molecule has 0 aliphatic carbocycles. The smallest absolute Gasteiger partial charge is 0.244 e. The molecule has 178 valence electrons. The Kier molecular flexibility index (Phi) is 8.00. The van der Waals surface area contributed by atoms with Gasteiger partial charge in [0.2, 0.25) is 5.91 Å². The summed E-state index contributed by atoms with van der Waals surface area (Å²) in [4.78, 5) is 12.3. The second-order valence-corrected chi connectivity index (χ2v) is 8.63. The number of hydrogen-bond acceptors (Lipinski definition) is 5. The zero-order chi connectivity index (χ0) is 24.6. The van der Waals surface area contributed by atoms with Crippen LogP contribution in [0.4, 0.5) is 0 Å². The van der Waals surface area contributed by atoms with Crippen molar-refractivity contribution in [2.75, 3.05) is 14.2 Å². The normalized spacial score (nSPS) is 10.9. The van der Waals surface area contributed by atoms with Crippen molar-refractivity contribution >= 4 is 38.8 Å². The Labute approximate surface area is 212 Å². The van der Waals surface area contributed by atoms with Gasteiger partial charge >= 0.3 is 0 Å². The van der Waals surface area contributed by atoms with E-state index in [-0.39, 0.29) is 12.3 Å². The van der Waals surface area contributed by atoms with Crippen molar-refractivity contribution in [1.82, 2.24) is 5.43 Å². The summed E-state index contributed by atoms with van der Waals surface area (Å²) in [6, 6.07) is 25.5. The lowest BCUT2D eigenvalue weighted by Gasteiger charge is -2.11. The Balaban J connectivity index is 1.33. The number of fused-ring (bicyclic) bond motifs is 1. The van der Waals surface area contributed by atoms with E-state index in [2.05, 4.69) is 50.7 Å². The molecule has 0 heterocycles. The van der Waals surface area contributed by atoms with E-state index in [1.165, 1.54) is 10.8 Å². The third kappa shape index (κ3) is 6.19. The number of carbonyl (C=O) groups excluding carboxylic acids is 1. The van der Waals surface area contributed by atoms with Crippen LogP contribution in [0.3, 0.4) is 0 Å². The van der Waals surface area contributed by atoms with E-state index in [9.17, 15) is 4.79 Å². The molecule has 0 spiro atoms. The van der Waals surface area contributed by atoms with E-state index in [0.29, 0.717) is 18.1 Å². The van der Waals surface area contributed by atoms with E-state index in [0.717, 1.165) is 26.9 Å². The predicted octanol–water partition coefficient (Wildman–Crippen LogP) is 5.89. The number of hydrogen-bond donors (Lipinski definition) is 1. The summed E-state index contributed by atoms with van der Waals surface area (Å²) in [5.74, 6) is 1.69. The number of halogens is 1. The van der Waals surface area contributed by atoms with Crippen molar-refractivity contribution in [1.29, 1.82) is 0 Å². The summed E-state index contributed by atoms with van der Waals surface area (Å²) >= 11 is 3.56. The molecule has 1 amide bonds. The van der Waals surface area contributed by atoms with Gasteiger partial charge in [0, 0.05) is 0 Å². The van der Waals surface area contributed by atoms with Gasteiger partial charge < -0.3 is 14.2 Å². The van der Waals surface area contributed by atoms with Crippen LogP contribution in [0, 0.1) is 0 Å². The van der Waals surface area contributed by atoms with Crippen LogP contribution >= 0.6 is 15.9 Å². The molecule has 0 atom stereocenters. The van der Waals surface area contributed by atoms with E-state index in [1.807, 2.05) is 42.5 Å². The van der Waals surface area contributed by atoms with Gasteiger partial charge in [-0.2, -0.15) is 5.10 Å². The molecule has 0 aliphatic rings. The van der Waals surface area contributed by atoms with Gasteiger partial charge in [-0.05, 0) is 73.7 Å². The van der Waals surface area contributed by atoms with Crippen LogP contribution in [-0.4, -0.2) is 26.3 Å². The topological polar surface area (TPSA) is 69.2 Å². The minimum Gasteiger partial charge on any atom is -0.493 e. The van der Waals surface area contributed by atoms with Gasteiger partial charge in [-0.3, -0.25) is 4.79 Å². The fourth-order valence-electron chi connectivity index (χ4n) is 3.68. The molecule has 0 saturated heterocycles. The lowest BCUT2D eigenvalue weighted by Crippen LogP contribution is -2.19. The molecular weight excluding hydrogens is 508 g/mol. The van der Waals surface area contributed by atoms with Crippen LogP contribution < -0.4 is 19.6 Å². The Morgan fingerprint density at radius 3 is 2.49 bits per heavy atom. The minimum atomic E-state index is -0.234. The second kappa shape index (κ2) is 11.5. The number of ether oxygens (including phenoxy) is 3. The van der Waals surface area contributed by atoms with Crippen LogP contribution in [0.1, 0.15) is 16.7 Å². The predicted molar refractivity (Wildman–Crippen MR) is 141 cm³/mol. The van der Waals surface area contributed by atoms with Crippen molar-refractivity contribution in [3.63, 3.8) is 0 Å². The SMILES string of the molecule is COc1ccc(CC(=O)N/N=C/c2ccc(OCc3cccc4ccccc34)c(Br)c2)cc1OC. The molecule has 0 unspecified atom stereocenters. The fourth-order valence-corrected chi connectivity index (χ4v) is 4.19. The van der Waals surface area contributed by atoms with Gasteiger partial charge in [0.1, 0.15) is 12.4 Å². The first-order valence-electron chi connectivity index (χ1n) is 11.0. The molecule has 1 N–H and O–H groups in total. The average molecular weight is 533 g/mol.